The first-order valence-corrected chi connectivity index (χ1v) is 5.87. The maximum absolute atomic E-state index is 11.5. The Bertz CT molecular complexity index is 435. The molecule has 0 aliphatic carbocycles. The number of carboxylic acid groups (broad SMARTS) is 1. The van der Waals surface area contributed by atoms with Gasteiger partial charge < -0.3 is 9.84 Å². The van der Waals surface area contributed by atoms with Gasteiger partial charge in [0.1, 0.15) is 0 Å². The summed E-state index contributed by atoms with van der Waals surface area (Å²) in [6.07, 6.45) is 0.0500. The molecular weight excluding hydrogens is 242 g/mol. The lowest BCUT2D eigenvalue weighted by molar-refractivity contribution is -0.165. The molecule has 0 fully saturated rings. The largest absolute Gasteiger partial charge is 0.480 e. The number of rotatable bonds is 4. The van der Waals surface area contributed by atoms with Crippen LogP contribution >= 0.6 is 11.3 Å². The monoisotopic (exact) mass is 257 g/mol. The van der Waals surface area contributed by atoms with Crippen molar-refractivity contribution in [3.63, 3.8) is 0 Å². The number of carbonyl (C=O) groups excluding carboxylic acids is 1. The summed E-state index contributed by atoms with van der Waals surface area (Å²) in [6, 6.07) is 0. The van der Waals surface area contributed by atoms with Crippen LogP contribution in [0.15, 0.2) is 0 Å². The van der Waals surface area contributed by atoms with Gasteiger partial charge in [-0.05, 0) is 20.8 Å². The molecule has 0 aliphatic rings. The molecule has 0 saturated carbocycles. The van der Waals surface area contributed by atoms with Crippen LogP contribution in [0, 0.1) is 19.3 Å². The first-order chi connectivity index (χ1) is 7.81. The molecule has 0 radical (unpaired) electrons. The van der Waals surface area contributed by atoms with E-state index >= 15 is 0 Å². The second kappa shape index (κ2) is 4.83. The molecule has 6 heteroatoms. The number of methoxy groups -OCH3 is 1. The van der Waals surface area contributed by atoms with Gasteiger partial charge in [-0.15, -0.1) is 11.3 Å². The predicted octanol–water partition coefficient (Wildman–Crippen LogP) is 1.57. The third-order valence-corrected chi connectivity index (χ3v) is 3.76. The highest BCUT2D eigenvalue weighted by Crippen LogP contribution is 2.28. The van der Waals surface area contributed by atoms with Crippen molar-refractivity contribution in [2.24, 2.45) is 5.41 Å². The molecule has 0 bridgehead atoms. The summed E-state index contributed by atoms with van der Waals surface area (Å²) in [5.74, 6) is -1.95. The van der Waals surface area contributed by atoms with Crippen molar-refractivity contribution in [1.82, 2.24) is 4.98 Å². The Morgan fingerprint density at radius 1 is 1.47 bits per heavy atom. The van der Waals surface area contributed by atoms with Crippen LogP contribution in [-0.2, 0) is 20.7 Å². The molecule has 1 heterocycles. The van der Waals surface area contributed by atoms with E-state index in [1.54, 1.807) is 0 Å². The minimum atomic E-state index is -1.58. The Balaban J connectivity index is 3.03. The van der Waals surface area contributed by atoms with E-state index in [0.29, 0.717) is 5.01 Å². The Morgan fingerprint density at radius 3 is 2.41 bits per heavy atom. The second-order valence-corrected chi connectivity index (χ2v) is 5.34. The molecule has 0 aliphatic heterocycles. The van der Waals surface area contributed by atoms with Crippen molar-refractivity contribution in [1.29, 1.82) is 0 Å². The fourth-order valence-electron chi connectivity index (χ4n) is 1.38. The zero-order valence-electron chi connectivity index (χ0n) is 10.2. The first kappa shape index (κ1) is 13.6. The number of carboxylic acids is 1. The molecule has 0 saturated heterocycles. The van der Waals surface area contributed by atoms with Gasteiger partial charge in [0.25, 0.3) is 0 Å². The highest BCUT2D eigenvalue weighted by atomic mass is 32.1. The molecule has 1 aromatic rings. The molecular formula is C11H15NO4S. The Kier molecular flexibility index (Phi) is 3.87. The van der Waals surface area contributed by atoms with Gasteiger partial charge in [0.15, 0.2) is 5.41 Å². The minimum absolute atomic E-state index is 0.0500. The van der Waals surface area contributed by atoms with Gasteiger partial charge in [0.2, 0.25) is 0 Å². The van der Waals surface area contributed by atoms with Crippen LogP contribution in [0.4, 0.5) is 0 Å². The second-order valence-electron chi connectivity index (χ2n) is 4.05. The van der Waals surface area contributed by atoms with Gasteiger partial charge in [-0.2, -0.15) is 0 Å². The number of hydrogen-bond donors (Lipinski definition) is 1. The molecule has 1 N–H and O–H groups in total. The fraction of sp³-hybridized carbons (Fsp3) is 0.545. The number of esters is 1. The smallest absolute Gasteiger partial charge is 0.323 e. The van der Waals surface area contributed by atoms with E-state index in [2.05, 4.69) is 9.72 Å². The third-order valence-electron chi connectivity index (χ3n) is 2.69. The molecule has 5 nitrogen and oxygen atoms in total. The summed E-state index contributed by atoms with van der Waals surface area (Å²) >= 11 is 1.40. The van der Waals surface area contributed by atoms with Crippen LogP contribution in [0.2, 0.25) is 0 Å². The number of aromatic nitrogens is 1. The van der Waals surface area contributed by atoms with Crippen molar-refractivity contribution in [3.05, 3.63) is 15.6 Å². The Labute approximate surface area is 103 Å². The van der Waals surface area contributed by atoms with E-state index in [9.17, 15) is 9.59 Å². The summed E-state index contributed by atoms with van der Waals surface area (Å²) < 4.78 is 4.54. The normalized spacial score (nSPS) is 14.1. The molecule has 17 heavy (non-hydrogen) atoms. The number of thiazole rings is 1. The average Bonchev–Trinajstić information content (AvgIpc) is 2.56. The number of hydrogen-bond acceptors (Lipinski definition) is 5. The van der Waals surface area contributed by atoms with Gasteiger partial charge in [-0.3, -0.25) is 9.59 Å². The Morgan fingerprint density at radius 2 is 2.06 bits per heavy atom. The number of ether oxygens (including phenoxy) is 1. The van der Waals surface area contributed by atoms with Crippen molar-refractivity contribution in [2.45, 2.75) is 27.2 Å². The maximum Gasteiger partial charge on any atom is 0.323 e. The molecule has 1 unspecified atom stereocenters. The van der Waals surface area contributed by atoms with Crippen LogP contribution in [0.1, 0.15) is 22.5 Å². The van der Waals surface area contributed by atoms with E-state index in [4.69, 9.17) is 5.11 Å². The number of carbonyl (C=O) groups is 2. The zero-order chi connectivity index (χ0) is 13.2. The number of aliphatic carboxylic acids is 1. The molecule has 1 aromatic heterocycles. The summed E-state index contributed by atoms with van der Waals surface area (Å²) in [4.78, 5) is 28.0. The van der Waals surface area contributed by atoms with E-state index in [1.807, 2.05) is 13.8 Å². The van der Waals surface area contributed by atoms with Crippen LogP contribution in [0.25, 0.3) is 0 Å². The fourth-order valence-corrected chi connectivity index (χ4v) is 2.47. The molecule has 0 spiro atoms. The molecule has 0 amide bonds. The Hall–Kier alpha value is -1.43. The number of nitrogens with zero attached hydrogens (tertiary/aromatic N) is 1. The van der Waals surface area contributed by atoms with Gasteiger partial charge in [-0.25, -0.2) is 4.98 Å². The standard InChI is InChI=1S/C11H15NO4S/c1-6-7(2)17-8(12-6)5-11(3,9(13)14)10(15)16-4/h5H2,1-4H3,(H,13,14). The lowest BCUT2D eigenvalue weighted by atomic mass is 9.87. The molecule has 0 aromatic carbocycles. The van der Waals surface area contributed by atoms with E-state index in [-0.39, 0.29) is 6.42 Å². The van der Waals surface area contributed by atoms with E-state index in [0.717, 1.165) is 10.6 Å². The SMILES string of the molecule is COC(=O)C(C)(Cc1nc(C)c(C)s1)C(=O)O. The lowest BCUT2D eigenvalue weighted by Crippen LogP contribution is -2.39. The van der Waals surface area contributed by atoms with Crippen molar-refractivity contribution < 1.29 is 19.4 Å². The predicted molar refractivity (Wildman–Crippen MR) is 63.1 cm³/mol. The van der Waals surface area contributed by atoms with Crippen molar-refractivity contribution in [3.8, 4) is 0 Å². The zero-order valence-corrected chi connectivity index (χ0v) is 11.1. The average molecular weight is 257 g/mol. The van der Waals surface area contributed by atoms with Gasteiger partial charge in [0, 0.05) is 11.3 Å². The van der Waals surface area contributed by atoms with Crippen molar-refractivity contribution >= 4 is 23.3 Å². The van der Waals surface area contributed by atoms with Crippen LogP contribution < -0.4 is 0 Å². The van der Waals surface area contributed by atoms with Crippen LogP contribution in [-0.4, -0.2) is 29.1 Å². The van der Waals surface area contributed by atoms with Crippen molar-refractivity contribution in [2.75, 3.05) is 7.11 Å². The highest BCUT2D eigenvalue weighted by molar-refractivity contribution is 7.11. The minimum Gasteiger partial charge on any atom is -0.480 e. The molecule has 94 valence electrons. The van der Waals surface area contributed by atoms with Gasteiger partial charge in [-0.1, -0.05) is 0 Å². The maximum atomic E-state index is 11.5. The first-order valence-electron chi connectivity index (χ1n) is 5.06. The van der Waals surface area contributed by atoms with Crippen LogP contribution in [0.3, 0.4) is 0 Å². The topological polar surface area (TPSA) is 76.5 Å². The highest BCUT2D eigenvalue weighted by Gasteiger charge is 2.43. The number of aryl methyl sites for hydroxylation is 2. The summed E-state index contributed by atoms with van der Waals surface area (Å²) in [5.41, 5.74) is -0.714. The lowest BCUT2D eigenvalue weighted by Gasteiger charge is -2.20. The quantitative estimate of drug-likeness (QED) is 0.654. The van der Waals surface area contributed by atoms with Gasteiger partial charge >= 0.3 is 11.9 Å². The summed E-state index contributed by atoms with van der Waals surface area (Å²) in [5, 5.41) is 9.78. The van der Waals surface area contributed by atoms with Crippen LogP contribution in [0.5, 0.6) is 0 Å². The summed E-state index contributed by atoms with van der Waals surface area (Å²) in [7, 11) is 1.18. The third kappa shape index (κ3) is 2.63. The molecule has 1 rings (SSSR count). The van der Waals surface area contributed by atoms with E-state index < -0.39 is 17.4 Å². The molecule has 1 atom stereocenters. The summed E-state index contributed by atoms with van der Waals surface area (Å²) in [6.45, 7) is 5.12. The van der Waals surface area contributed by atoms with E-state index in [1.165, 1.54) is 25.4 Å². The van der Waals surface area contributed by atoms with Gasteiger partial charge in [0.05, 0.1) is 17.8 Å².